The molecule has 0 saturated carbocycles. The largest absolute Gasteiger partial charge is 0.481 e. The Kier molecular flexibility index (Phi) is 7.78. The predicted molar refractivity (Wildman–Crippen MR) is 122 cm³/mol. The zero-order valence-corrected chi connectivity index (χ0v) is 18.5. The number of hydrogen-bond donors (Lipinski definition) is 5. The van der Waals surface area contributed by atoms with Gasteiger partial charge < -0.3 is 21.5 Å². The number of carboxylic acids is 1. The van der Waals surface area contributed by atoms with E-state index < -0.39 is 41.9 Å². The minimum absolute atomic E-state index is 0. The molecule has 1 fully saturated rings. The van der Waals surface area contributed by atoms with Crippen LogP contribution in [0.2, 0.25) is 0 Å². The predicted octanol–water partition coefficient (Wildman–Crippen LogP) is 1.49. The third kappa shape index (κ3) is 5.47. The average Bonchev–Trinajstić information content (AvgIpc) is 2.97. The van der Waals surface area contributed by atoms with Gasteiger partial charge in [-0.25, -0.2) is 4.79 Å². The molecule has 1 saturated heterocycles. The number of nitrogens with one attached hydrogen (secondary N) is 3. The molecule has 0 aliphatic carbocycles. The summed E-state index contributed by atoms with van der Waals surface area (Å²) in [7, 11) is 0. The summed E-state index contributed by atoms with van der Waals surface area (Å²) in [5.41, 5.74) is 5.58. The Morgan fingerprint density at radius 3 is 2.30 bits per heavy atom. The molecule has 10 nitrogen and oxygen atoms in total. The SMILES string of the molecule is C[C@@]1(c2ccc(C(=N)N)cc2)NC(=O)N(CC(=O)N[C@H](CC(=O)O)c2ccccc2)C1=O.Cl. The van der Waals surface area contributed by atoms with E-state index in [1.165, 1.54) is 6.92 Å². The number of nitrogens with zero attached hydrogens (tertiary/aromatic N) is 1. The fourth-order valence-corrected chi connectivity index (χ4v) is 3.52. The molecule has 0 bridgehead atoms. The van der Waals surface area contributed by atoms with Gasteiger partial charge in [0.15, 0.2) is 0 Å². The maximum atomic E-state index is 13.0. The zero-order chi connectivity index (χ0) is 23.5. The number of rotatable bonds is 8. The van der Waals surface area contributed by atoms with Crippen LogP contribution in [0, 0.1) is 5.41 Å². The Balaban J connectivity index is 0.00000385. The molecule has 2 aromatic rings. The first-order valence-electron chi connectivity index (χ1n) is 9.77. The Labute approximate surface area is 196 Å². The molecule has 1 aliphatic heterocycles. The summed E-state index contributed by atoms with van der Waals surface area (Å²) in [5.74, 6) is -2.52. The zero-order valence-electron chi connectivity index (χ0n) is 17.7. The number of halogens is 1. The van der Waals surface area contributed by atoms with Crippen molar-refractivity contribution in [1.82, 2.24) is 15.5 Å². The molecule has 1 heterocycles. The highest BCUT2D eigenvalue weighted by atomic mass is 35.5. The molecule has 174 valence electrons. The van der Waals surface area contributed by atoms with Crippen molar-refractivity contribution in [3.05, 3.63) is 71.3 Å². The molecule has 2 atom stereocenters. The monoisotopic (exact) mass is 473 g/mol. The lowest BCUT2D eigenvalue weighted by atomic mass is 9.91. The van der Waals surface area contributed by atoms with Crippen LogP contribution in [-0.4, -0.2) is 46.2 Å². The number of nitrogens with two attached hydrogens (primary N) is 1. The molecule has 11 heteroatoms. The number of amides is 4. The van der Waals surface area contributed by atoms with Crippen molar-refractivity contribution in [3.63, 3.8) is 0 Å². The highest BCUT2D eigenvalue weighted by Gasteiger charge is 2.49. The first-order chi connectivity index (χ1) is 15.1. The van der Waals surface area contributed by atoms with Crippen molar-refractivity contribution in [2.75, 3.05) is 6.54 Å². The molecule has 0 radical (unpaired) electrons. The summed E-state index contributed by atoms with van der Waals surface area (Å²) in [5, 5.41) is 21.8. The molecule has 4 amide bonds. The van der Waals surface area contributed by atoms with Crippen molar-refractivity contribution in [1.29, 1.82) is 5.41 Å². The summed E-state index contributed by atoms with van der Waals surface area (Å²) in [4.78, 5) is 50.1. The number of hydrogen-bond acceptors (Lipinski definition) is 5. The molecule has 2 aromatic carbocycles. The second-order valence-corrected chi connectivity index (χ2v) is 7.57. The summed E-state index contributed by atoms with van der Waals surface area (Å²) in [6.07, 6.45) is -0.351. The van der Waals surface area contributed by atoms with Crippen molar-refractivity contribution in [2.45, 2.75) is 24.9 Å². The number of aliphatic carboxylic acids is 1. The maximum Gasteiger partial charge on any atom is 0.325 e. The van der Waals surface area contributed by atoms with Crippen LogP contribution in [0.25, 0.3) is 0 Å². The van der Waals surface area contributed by atoms with E-state index in [9.17, 15) is 24.3 Å². The van der Waals surface area contributed by atoms with E-state index >= 15 is 0 Å². The standard InChI is InChI=1S/C22H23N5O5.ClH/c1-22(15-9-7-14(8-10-15)19(23)24)20(31)27(21(32)26-22)12-17(28)25-16(11-18(29)30)13-5-3-2-4-6-13;/h2-10,16H,11-12H2,1H3,(H3,23,24)(H,25,28)(H,26,32)(H,29,30);1H/t16-,22+;/m1./s1. The Bertz CT molecular complexity index is 1080. The quantitative estimate of drug-likeness (QED) is 0.221. The summed E-state index contributed by atoms with van der Waals surface area (Å²) in [6.45, 7) is 0.958. The van der Waals surface area contributed by atoms with Gasteiger partial charge in [0, 0.05) is 5.56 Å². The molecular formula is C22H24ClN5O5. The maximum absolute atomic E-state index is 13.0. The van der Waals surface area contributed by atoms with Crippen LogP contribution in [0.5, 0.6) is 0 Å². The molecule has 1 aliphatic rings. The normalized spacial score (nSPS) is 18.2. The number of amidine groups is 1. The number of carbonyl (C=O) groups is 4. The lowest BCUT2D eigenvalue weighted by molar-refractivity contribution is -0.138. The fourth-order valence-electron chi connectivity index (χ4n) is 3.52. The number of urea groups is 1. The Morgan fingerprint density at radius 1 is 1.15 bits per heavy atom. The van der Waals surface area contributed by atoms with E-state index in [1.54, 1.807) is 54.6 Å². The van der Waals surface area contributed by atoms with Crippen molar-refractivity contribution >= 4 is 42.1 Å². The lowest BCUT2D eigenvalue weighted by Gasteiger charge is -2.23. The Morgan fingerprint density at radius 2 is 1.76 bits per heavy atom. The van der Waals surface area contributed by atoms with Gasteiger partial charge >= 0.3 is 12.0 Å². The van der Waals surface area contributed by atoms with E-state index in [1.807, 2.05) is 0 Å². The van der Waals surface area contributed by atoms with E-state index in [0.29, 0.717) is 16.7 Å². The van der Waals surface area contributed by atoms with Gasteiger partial charge in [-0.3, -0.25) is 24.7 Å². The number of imide groups is 1. The minimum atomic E-state index is -1.40. The van der Waals surface area contributed by atoms with E-state index in [0.717, 1.165) is 4.90 Å². The molecule has 0 unspecified atom stereocenters. The van der Waals surface area contributed by atoms with Crippen molar-refractivity contribution in [3.8, 4) is 0 Å². The van der Waals surface area contributed by atoms with Gasteiger partial charge in [-0.1, -0.05) is 54.6 Å². The average molecular weight is 474 g/mol. The molecule has 33 heavy (non-hydrogen) atoms. The molecule has 0 spiro atoms. The number of nitrogen functional groups attached to an aromatic ring is 1. The fraction of sp³-hybridized carbons (Fsp3) is 0.227. The highest BCUT2D eigenvalue weighted by Crippen LogP contribution is 2.29. The lowest BCUT2D eigenvalue weighted by Crippen LogP contribution is -2.44. The van der Waals surface area contributed by atoms with Gasteiger partial charge in [0.1, 0.15) is 17.9 Å². The molecule has 0 aromatic heterocycles. The van der Waals surface area contributed by atoms with E-state index in [2.05, 4.69) is 10.6 Å². The van der Waals surface area contributed by atoms with Crippen LogP contribution >= 0.6 is 12.4 Å². The van der Waals surface area contributed by atoms with Crippen LogP contribution in [0.4, 0.5) is 4.79 Å². The minimum Gasteiger partial charge on any atom is -0.481 e. The summed E-state index contributed by atoms with van der Waals surface area (Å²) in [6, 6.07) is 13.3. The second-order valence-electron chi connectivity index (χ2n) is 7.57. The number of carbonyl (C=O) groups excluding carboxylic acids is 3. The van der Waals surface area contributed by atoms with Gasteiger partial charge in [-0.2, -0.15) is 0 Å². The third-order valence-corrected chi connectivity index (χ3v) is 5.27. The second kappa shape index (κ2) is 10.1. The summed E-state index contributed by atoms with van der Waals surface area (Å²) < 4.78 is 0. The van der Waals surface area contributed by atoms with Crippen LogP contribution in [0.15, 0.2) is 54.6 Å². The Hall–Kier alpha value is -3.92. The molecule has 3 rings (SSSR count). The summed E-state index contributed by atoms with van der Waals surface area (Å²) >= 11 is 0. The van der Waals surface area contributed by atoms with Crippen molar-refractivity contribution < 1.29 is 24.3 Å². The topological polar surface area (TPSA) is 166 Å². The first-order valence-corrected chi connectivity index (χ1v) is 9.77. The third-order valence-electron chi connectivity index (χ3n) is 5.27. The molecule has 6 N–H and O–H groups in total. The van der Waals surface area contributed by atoms with Gasteiger partial charge in [-0.05, 0) is 18.1 Å². The van der Waals surface area contributed by atoms with E-state index in [-0.39, 0.29) is 24.7 Å². The van der Waals surface area contributed by atoms with Gasteiger partial charge in [0.05, 0.1) is 12.5 Å². The van der Waals surface area contributed by atoms with Crippen LogP contribution in [0.1, 0.15) is 36.1 Å². The number of carboxylic acid groups (broad SMARTS) is 1. The highest BCUT2D eigenvalue weighted by molar-refractivity contribution is 6.09. The van der Waals surface area contributed by atoms with Crippen LogP contribution in [-0.2, 0) is 19.9 Å². The molecular weight excluding hydrogens is 450 g/mol. The van der Waals surface area contributed by atoms with Crippen molar-refractivity contribution in [2.24, 2.45) is 5.73 Å². The first kappa shape index (κ1) is 25.3. The number of benzene rings is 2. The van der Waals surface area contributed by atoms with Crippen LogP contribution < -0.4 is 16.4 Å². The van der Waals surface area contributed by atoms with Gasteiger partial charge in [0.2, 0.25) is 5.91 Å². The van der Waals surface area contributed by atoms with Gasteiger partial charge in [0.25, 0.3) is 5.91 Å². The smallest absolute Gasteiger partial charge is 0.325 e. The van der Waals surface area contributed by atoms with Crippen LogP contribution in [0.3, 0.4) is 0 Å². The van der Waals surface area contributed by atoms with Gasteiger partial charge in [-0.15, -0.1) is 12.4 Å². The van der Waals surface area contributed by atoms with E-state index in [4.69, 9.17) is 11.1 Å².